The molecule has 24 heavy (non-hydrogen) atoms. The van der Waals surface area contributed by atoms with E-state index in [1.807, 2.05) is 0 Å². The second-order valence-electron chi connectivity index (χ2n) is 6.76. The van der Waals surface area contributed by atoms with Crippen molar-refractivity contribution in [2.45, 2.75) is 27.2 Å². The second-order valence-corrected chi connectivity index (χ2v) is 6.76. The van der Waals surface area contributed by atoms with Crippen molar-refractivity contribution in [3.63, 3.8) is 0 Å². The largest absolute Gasteiger partial charge is 0.342 e. The Morgan fingerprint density at radius 3 is 2.00 bits per heavy atom. The standard InChI is InChI=1S/C23H23N/c1-4-24(20-10-6-16(2)7-11-20)21-12-9-19-14-18-8-5-17(3)13-22(18)23(19)15-21/h5-13,15H,4,14H2,1-3H3. The minimum absolute atomic E-state index is 0.961. The van der Waals surface area contributed by atoms with Crippen LogP contribution in [-0.4, -0.2) is 6.54 Å². The highest BCUT2D eigenvalue weighted by molar-refractivity contribution is 5.81. The molecule has 0 bridgehead atoms. The van der Waals surface area contributed by atoms with Crippen LogP contribution in [0.3, 0.4) is 0 Å². The normalized spacial score (nSPS) is 12.0. The summed E-state index contributed by atoms with van der Waals surface area (Å²) in [5, 5.41) is 0. The van der Waals surface area contributed by atoms with Crippen molar-refractivity contribution >= 4 is 11.4 Å². The first kappa shape index (κ1) is 15.0. The Balaban J connectivity index is 1.78. The summed E-state index contributed by atoms with van der Waals surface area (Å²) in [6.45, 7) is 7.48. The Hall–Kier alpha value is -2.54. The summed E-state index contributed by atoms with van der Waals surface area (Å²) < 4.78 is 0. The van der Waals surface area contributed by atoms with Gasteiger partial charge in [-0.1, -0.05) is 47.5 Å². The van der Waals surface area contributed by atoms with Gasteiger partial charge in [0.1, 0.15) is 0 Å². The summed E-state index contributed by atoms with van der Waals surface area (Å²) in [5.41, 5.74) is 10.9. The van der Waals surface area contributed by atoms with Gasteiger partial charge in [0.25, 0.3) is 0 Å². The van der Waals surface area contributed by atoms with Gasteiger partial charge in [-0.2, -0.15) is 0 Å². The van der Waals surface area contributed by atoms with E-state index in [2.05, 4.69) is 86.3 Å². The lowest BCUT2D eigenvalue weighted by molar-refractivity contribution is 1.02. The molecule has 3 aromatic rings. The third-order valence-corrected chi connectivity index (χ3v) is 5.00. The fourth-order valence-corrected chi connectivity index (χ4v) is 3.68. The number of anilines is 2. The molecule has 1 heteroatoms. The molecule has 0 atom stereocenters. The molecule has 0 saturated heterocycles. The van der Waals surface area contributed by atoms with E-state index in [-0.39, 0.29) is 0 Å². The monoisotopic (exact) mass is 313 g/mol. The van der Waals surface area contributed by atoms with Crippen LogP contribution in [0.15, 0.2) is 60.7 Å². The van der Waals surface area contributed by atoms with Crippen molar-refractivity contribution in [1.29, 1.82) is 0 Å². The van der Waals surface area contributed by atoms with E-state index in [4.69, 9.17) is 0 Å². The second kappa shape index (κ2) is 5.83. The predicted octanol–water partition coefficient (Wildman–Crippen LogP) is 6.03. The quantitative estimate of drug-likeness (QED) is 0.446. The minimum atomic E-state index is 0.961. The maximum absolute atomic E-state index is 2.38. The first-order chi connectivity index (χ1) is 11.7. The summed E-state index contributed by atoms with van der Waals surface area (Å²) in [5.74, 6) is 0. The van der Waals surface area contributed by atoms with Crippen LogP contribution >= 0.6 is 0 Å². The van der Waals surface area contributed by atoms with Crippen LogP contribution in [0.1, 0.15) is 29.2 Å². The Kier molecular flexibility index (Phi) is 3.65. The van der Waals surface area contributed by atoms with Crippen LogP contribution in [0.25, 0.3) is 11.1 Å². The van der Waals surface area contributed by atoms with Gasteiger partial charge in [-0.25, -0.2) is 0 Å². The highest BCUT2D eigenvalue weighted by Gasteiger charge is 2.20. The van der Waals surface area contributed by atoms with Gasteiger partial charge >= 0.3 is 0 Å². The number of hydrogen-bond donors (Lipinski definition) is 0. The molecule has 0 fully saturated rings. The fourth-order valence-electron chi connectivity index (χ4n) is 3.68. The molecule has 0 aromatic heterocycles. The molecule has 0 amide bonds. The molecule has 1 nitrogen and oxygen atoms in total. The van der Waals surface area contributed by atoms with Crippen LogP contribution in [-0.2, 0) is 6.42 Å². The molecule has 0 heterocycles. The maximum Gasteiger partial charge on any atom is 0.0417 e. The molecule has 0 unspecified atom stereocenters. The van der Waals surface area contributed by atoms with Gasteiger partial charge in [-0.15, -0.1) is 0 Å². The van der Waals surface area contributed by atoms with Gasteiger partial charge in [-0.05, 0) is 73.7 Å². The zero-order valence-electron chi connectivity index (χ0n) is 14.6. The smallest absolute Gasteiger partial charge is 0.0417 e. The summed E-state index contributed by atoms with van der Waals surface area (Å²) in [7, 11) is 0. The molecule has 0 spiro atoms. The maximum atomic E-state index is 2.38. The van der Waals surface area contributed by atoms with Gasteiger partial charge in [0.05, 0.1) is 0 Å². The van der Waals surface area contributed by atoms with E-state index in [9.17, 15) is 0 Å². The first-order valence-corrected chi connectivity index (χ1v) is 8.73. The van der Waals surface area contributed by atoms with Crippen LogP contribution in [0.4, 0.5) is 11.4 Å². The van der Waals surface area contributed by atoms with E-state index < -0.39 is 0 Å². The average molecular weight is 313 g/mol. The highest BCUT2D eigenvalue weighted by Crippen LogP contribution is 2.40. The van der Waals surface area contributed by atoms with Gasteiger partial charge in [0.2, 0.25) is 0 Å². The van der Waals surface area contributed by atoms with Gasteiger partial charge < -0.3 is 4.90 Å². The Morgan fingerprint density at radius 2 is 1.29 bits per heavy atom. The van der Waals surface area contributed by atoms with Gasteiger partial charge in [0.15, 0.2) is 0 Å². The molecule has 0 aliphatic heterocycles. The predicted molar refractivity (Wildman–Crippen MR) is 103 cm³/mol. The molecule has 120 valence electrons. The highest BCUT2D eigenvalue weighted by atomic mass is 15.1. The third-order valence-electron chi connectivity index (χ3n) is 5.00. The lowest BCUT2D eigenvalue weighted by Gasteiger charge is -2.24. The topological polar surface area (TPSA) is 3.24 Å². The molecule has 0 saturated carbocycles. The van der Waals surface area contributed by atoms with Crippen molar-refractivity contribution in [3.05, 3.63) is 82.9 Å². The molecule has 0 N–H and O–H groups in total. The van der Waals surface area contributed by atoms with E-state index in [1.165, 1.54) is 44.8 Å². The number of hydrogen-bond acceptors (Lipinski definition) is 1. The number of fused-ring (bicyclic) bond motifs is 3. The molecule has 1 aliphatic carbocycles. The lowest BCUT2D eigenvalue weighted by Crippen LogP contribution is -2.15. The Labute approximate surface area is 144 Å². The molecular formula is C23H23N. The third kappa shape index (κ3) is 2.50. The molecule has 0 radical (unpaired) electrons. The summed E-state index contributed by atoms with van der Waals surface area (Å²) in [6.07, 6.45) is 1.06. The van der Waals surface area contributed by atoms with Crippen molar-refractivity contribution < 1.29 is 0 Å². The zero-order valence-corrected chi connectivity index (χ0v) is 14.6. The number of benzene rings is 3. The van der Waals surface area contributed by atoms with E-state index in [0.717, 1.165) is 13.0 Å². The lowest BCUT2D eigenvalue weighted by atomic mass is 10.0. The van der Waals surface area contributed by atoms with E-state index in [0.29, 0.717) is 0 Å². The van der Waals surface area contributed by atoms with Gasteiger partial charge in [0, 0.05) is 17.9 Å². The van der Waals surface area contributed by atoms with Crippen molar-refractivity contribution in [2.24, 2.45) is 0 Å². The molecule has 4 rings (SSSR count). The average Bonchev–Trinajstić information content (AvgIpc) is 2.95. The Bertz CT molecular complexity index is 890. The van der Waals surface area contributed by atoms with Crippen molar-refractivity contribution in [2.75, 3.05) is 11.4 Å². The molecule has 1 aliphatic rings. The zero-order chi connectivity index (χ0) is 16.7. The van der Waals surface area contributed by atoms with E-state index >= 15 is 0 Å². The summed E-state index contributed by atoms with van der Waals surface area (Å²) in [6, 6.07) is 22.6. The number of aryl methyl sites for hydroxylation is 2. The molecular weight excluding hydrogens is 290 g/mol. The minimum Gasteiger partial charge on any atom is -0.342 e. The first-order valence-electron chi connectivity index (χ1n) is 8.73. The number of rotatable bonds is 3. The van der Waals surface area contributed by atoms with Crippen LogP contribution in [0.5, 0.6) is 0 Å². The van der Waals surface area contributed by atoms with Crippen molar-refractivity contribution in [1.82, 2.24) is 0 Å². The fraction of sp³-hybridized carbons (Fsp3) is 0.217. The van der Waals surface area contributed by atoms with Crippen LogP contribution < -0.4 is 4.90 Å². The van der Waals surface area contributed by atoms with Gasteiger partial charge in [-0.3, -0.25) is 0 Å². The summed E-state index contributed by atoms with van der Waals surface area (Å²) in [4.78, 5) is 2.38. The van der Waals surface area contributed by atoms with Crippen LogP contribution in [0, 0.1) is 13.8 Å². The Morgan fingerprint density at radius 1 is 0.708 bits per heavy atom. The summed E-state index contributed by atoms with van der Waals surface area (Å²) >= 11 is 0. The van der Waals surface area contributed by atoms with Crippen LogP contribution in [0.2, 0.25) is 0 Å². The number of nitrogens with zero attached hydrogens (tertiary/aromatic N) is 1. The van der Waals surface area contributed by atoms with Crippen molar-refractivity contribution in [3.8, 4) is 11.1 Å². The van der Waals surface area contributed by atoms with E-state index in [1.54, 1.807) is 0 Å². The SMILES string of the molecule is CCN(c1ccc(C)cc1)c1ccc2c(c1)-c1cc(C)ccc1C2. The molecule has 3 aromatic carbocycles.